The molecule has 1 heterocycles. The monoisotopic (exact) mass is 327 g/mol. The van der Waals surface area contributed by atoms with Gasteiger partial charge in [0.2, 0.25) is 5.91 Å². The van der Waals surface area contributed by atoms with Gasteiger partial charge in [0.05, 0.1) is 11.3 Å². The lowest BCUT2D eigenvalue weighted by Crippen LogP contribution is -2.35. The van der Waals surface area contributed by atoms with Crippen LogP contribution in [0.5, 0.6) is 0 Å². The fourth-order valence-electron chi connectivity index (χ4n) is 2.70. The first kappa shape index (κ1) is 15.3. The first-order valence-corrected chi connectivity index (χ1v) is 8.58. The first-order valence-electron chi connectivity index (χ1n) is 7.29. The number of thioether (sulfide) groups is 1. The van der Waals surface area contributed by atoms with E-state index in [2.05, 4.69) is 24.3 Å². The molecule has 3 rings (SSSR count). The molecule has 2 unspecified atom stereocenters. The Hall–Kier alpha value is -1.65. The third-order valence-electron chi connectivity index (χ3n) is 3.83. The quantitative estimate of drug-likeness (QED) is 0.784. The van der Waals surface area contributed by atoms with Crippen LogP contribution in [0.25, 0.3) is 0 Å². The van der Waals surface area contributed by atoms with Gasteiger partial charge < -0.3 is 0 Å². The molecule has 2 aromatic carbocycles. The van der Waals surface area contributed by atoms with E-state index in [0.717, 1.165) is 12.0 Å². The van der Waals surface area contributed by atoms with Gasteiger partial charge in [-0.25, -0.2) is 0 Å². The Morgan fingerprint density at radius 2 is 1.68 bits per heavy atom. The predicted octanol–water partition coefficient (Wildman–Crippen LogP) is 4.22. The van der Waals surface area contributed by atoms with E-state index in [9.17, 15) is 4.79 Å². The summed E-state index contributed by atoms with van der Waals surface area (Å²) >= 11 is 6.93. The van der Waals surface area contributed by atoms with Crippen LogP contribution in [0.1, 0.15) is 24.1 Å². The second kappa shape index (κ2) is 6.63. The smallest absolute Gasteiger partial charge is 0.241 e. The number of thiocarbonyl (C=S) groups is 1. The second-order valence-corrected chi connectivity index (χ2v) is 7.33. The van der Waals surface area contributed by atoms with Crippen molar-refractivity contribution in [1.82, 2.24) is 4.90 Å². The number of benzene rings is 2. The van der Waals surface area contributed by atoms with Crippen LogP contribution in [-0.4, -0.2) is 20.4 Å². The van der Waals surface area contributed by atoms with Gasteiger partial charge in [-0.3, -0.25) is 9.69 Å². The van der Waals surface area contributed by atoms with E-state index in [1.165, 1.54) is 17.3 Å². The van der Waals surface area contributed by atoms with E-state index in [1.807, 2.05) is 43.3 Å². The number of amides is 1. The lowest BCUT2D eigenvalue weighted by molar-refractivity contribution is -0.127. The van der Waals surface area contributed by atoms with Crippen LogP contribution in [0, 0.1) is 0 Å². The Morgan fingerprint density at radius 1 is 1.09 bits per heavy atom. The zero-order valence-electron chi connectivity index (χ0n) is 12.3. The summed E-state index contributed by atoms with van der Waals surface area (Å²) in [6.45, 7) is 1.92. The van der Waals surface area contributed by atoms with E-state index in [1.54, 1.807) is 4.90 Å². The van der Waals surface area contributed by atoms with E-state index < -0.39 is 0 Å². The molecule has 1 fully saturated rings. The fourth-order valence-corrected chi connectivity index (χ4v) is 4.19. The van der Waals surface area contributed by atoms with Crippen LogP contribution in [0.3, 0.4) is 0 Å². The maximum atomic E-state index is 12.5. The highest BCUT2D eigenvalue weighted by atomic mass is 32.2. The molecule has 1 aliphatic heterocycles. The van der Waals surface area contributed by atoms with Crippen molar-refractivity contribution in [3.05, 3.63) is 71.8 Å². The fraction of sp³-hybridized carbons (Fsp3) is 0.222. The van der Waals surface area contributed by atoms with Crippen LogP contribution in [0.15, 0.2) is 60.7 Å². The molecule has 0 bridgehead atoms. The molecule has 0 saturated carbocycles. The molecule has 2 atom stereocenters. The average molecular weight is 327 g/mol. The molecule has 2 nitrogen and oxygen atoms in total. The largest absolute Gasteiger partial charge is 0.289 e. The zero-order valence-corrected chi connectivity index (χ0v) is 13.9. The minimum Gasteiger partial charge on any atom is -0.289 e. The van der Waals surface area contributed by atoms with Crippen molar-refractivity contribution < 1.29 is 4.79 Å². The number of carbonyl (C=O) groups is 1. The van der Waals surface area contributed by atoms with Gasteiger partial charge in [0.25, 0.3) is 0 Å². The van der Waals surface area contributed by atoms with Crippen molar-refractivity contribution in [2.45, 2.75) is 24.6 Å². The molecule has 0 aromatic heterocycles. The summed E-state index contributed by atoms with van der Waals surface area (Å²) in [6.07, 6.45) is 0.768. The van der Waals surface area contributed by atoms with Crippen LogP contribution in [0.2, 0.25) is 0 Å². The number of hydrogen-bond acceptors (Lipinski definition) is 3. The van der Waals surface area contributed by atoms with Crippen LogP contribution in [0.4, 0.5) is 0 Å². The van der Waals surface area contributed by atoms with Gasteiger partial charge in [-0.1, -0.05) is 84.6 Å². The Kier molecular flexibility index (Phi) is 4.60. The summed E-state index contributed by atoms with van der Waals surface area (Å²) in [7, 11) is 0. The van der Waals surface area contributed by atoms with Crippen molar-refractivity contribution in [2.75, 3.05) is 0 Å². The van der Waals surface area contributed by atoms with Crippen molar-refractivity contribution in [2.24, 2.45) is 0 Å². The Balaban J connectivity index is 1.97. The summed E-state index contributed by atoms with van der Waals surface area (Å²) in [6, 6.07) is 20.3. The van der Waals surface area contributed by atoms with Gasteiger partial charge in [-0.05, 0) is 24.5 Å². The second-order valence-electron chi connectivity index (χ2n) is 5.35. The maximum Gasteiger partial charge on any atom is 0.241 e. The lowest BCUT2D eigenvalue weighted by Gasteiger charge is -2.28. The van der Waals surface area contributed by atoms with Gasteiger partial charge in [-0.15, -0.1) is 0 Å². The summed E-state index contributed by atoms with van der Waals surface area (Å²) in [5.74, 6) is 0.111. The molecule has 2 aromatic rings. The molecule has 0 aliphatic carbocycles. The SMILES string of the molecule is CC1SC(=S)N(C(Cc2ccccc2)c2ccccc2)C1=O. The average Bonchev–Trinajstić information content (AvgIpc) is 2.80. The number of nitrogens with zero attached hydrogens (tertiary/aromatic N) is 1. The molecule has 1 aliphatic rings. The van der Waals surface area contributed by atoms with Crippen LogP contribution < -0.4 is 0 Å². The summed E-state index contributed by atoms with van der Waals surface area (Å²) in [4.78, 5) is 14.3. The van der Waals surface area contributed by atoms with Gasteiger partial charge in [0.1, 0.15) is 4.32 Å². The molecular weight excluding hydrogens is 310 g/mol. The van der Waals surface area contributed by atoms with E-state index in [0.29, 0.717) is 4.32 Å². The highest BCUT2D eigenvalue weighted by molar-refractivity contribution is 8.24. The molecular formula is C18H17NOS2. The van der Waals surface area contributed by atoms with E-state index >= 15 is 0 Å². The maximum absolute atomic E-state index is 12.5. The number of carbonyl (C=O) groups excluding carboxylic acids is 1. The molecule has 0 spiro atoms. The Bertz CT molecular complexity index is 672. The van der Waals surface area contributed by atoms with Gasteiger partial charge in [0, 0.05) is 0 Å². The predicted molar refractivity (Wildman–Crippen MR) is 95.8 cm³/mol. The molecule has 22 heavy (non-hydrogen) atoms. The third-order valence-corrected chi connectivity index (χ3v) is 5.27. The minimum atomic E-state index is -0.0884. The van der Waals surface area contributed by atoms with Gasteiger partial charge in [-0.2, -0.15) is 0 Å². The Labute approximate surface area is 140 Å². The number of rotatable bonds is 4. The van der Waals surface area contributed by atoms with Crippen LogP contribution in [-0.2, 0) is 11.2 Å². The molecule has 0 N–H and O–H groups in total. The summed E-state index contributed by atoms with van der Waals surface area (Å²) in [5.41, 5.74) is 2.33. The van der Waals surface area contributed by atoms with Crippen LogP contribution >= 0.6 is 24.0 Å². The van der Waals surface area contributed by atoms with Crippen molar-refractivity contribution in [1.29, 1.82) is 0 Å². The molecule has 0 radical (unpaired) electrons. The third kappa shape index (κ3) is 3.08. The zero-order chi connectivity index (χ0) is 15.5. The van der Waals surface area contributed by atoms with Gasteiger partial charge >= 0.3 is 0 Å². The molecule has 4 heteroatoms. The molecule has 1 amide bonds. The van der Waals surface area contributed by atoms with Gasteiger partial charge in [0.15, 0.2) is 0 Å². The molecule has 112 valence electrons. The first-order chi connectivity index (χ1) is 10.7. The van der Waals surface area contributed by atoms with Crippen molar-refractivity contribution in [3.8, 4) is 0 Å². The lowest BCUT2D eigenvalue weighted by atomic mass is 9.97. The van der Waals surface area contributed by atoms with E-state index in [-0.39, 0.29) is 17.2 Å². The topological polar surface area (TPSA) is 20.3 Å². The normalized spacial score (nSPS) is 19.5. The highest BCUT2D eigenvalue weighted by Gasteiger charge is 2.38. The Morgan fingerprint density at radius 3 is 2.23 bits per heavy atom. The van der Waals surface area contributed by atoms with Crippen molar-refractivity contribution in [3.63, 3.8) is 0 Å². The minimum absolute atomic E-state index is 0.0407. The van der Waals surface area contributed by atoms with Crippen molar-refractivity contribution >= 4 is 34.2 Å². The summed E-state index contributed by atoms with van der Waals surface area (Å²) in [5, 5.41) is -0.0884. The number of hydrogen-bond donors (Lipinski definition) is 0. The van der Waals surface area contributed by atoms with E-state index in [4.69, 9.17) is 12.2 Å². The standard InChI is InChI=1S/C18H17NOS2/c1-13-17(20)19(18(21)22-13)16(15-10-6-3-7-11-15)12-14-8-4-2-5-9-14/h2-11,13,16H,12H2,1H3. The highest BCUT2D eigenvalue weighted by Crippen LogP contribution is 2.36. The molecule has 1 saturated heterocycles. The summed E-state index contributed by atoms with van der Waals surface area (Å²) < 4.78 is 0.683.